The summed E-state index contributed by atoms with van der Waals surface area (Å²) in [5.41, 5.74) is 7.41. The van der Waals surface area contributed by atoms with Crippen molar-refractivity contribution >= 4 is 12.4 Å². The van der Waals surface area contributed by atoms with Crippen molar-refractivity contribution < 1.29 is 14.6 Å². The second kappa shape index (κ2) is 5.50. The quantitative estimate of drug-likeness (QED) is 0.826. The molecule has 1 aliphatic rings. The molecule has 5 heteroatoms. The number of benzene rings is 1. The van der Waals surface area contributed by atoms with Gasteiger partial charge < -0.3 is 20.3 Å². The van der Waals surface area contributed by atoms with Gasteiger partial charge in [0.2, 0.25) is 0 Å². The second-order valence-corrected chi connectivity index (χ2v) is 3.78. The molecule has 16 heavy (non-hydrogen) atoms. The third kappa shape index (κ3) is 2.65. The number of nitrogens with two attached hydrogens (primary N) is 1. The number of hydrogen-bond acceptors (Lipinski definition) is 4. The summed E-state index contributed by atoms with van der Waals surface area (Å²) in [6.45, 7) is 2.60. The van der Waals surface area contributed by atoms with E-state index in [0.717, 1.165) is 16.9 Å². The van der Waals surface area contributed by atoms with Crippen LogP contribution in [0, 0.1) is 0 Å². The zero-order valence-electron chi connectivity index (χ0n) is 9.05. The fourth-order valence-corrected chi connectivity index (χ4v) is 1.57. The molecule has 2 rings (SSSR count). The molecule has 0 bridgehead atoms. The maximum atomic E-state index is 9.79. The molecule has 0 unspecified atom stereocenters. The maximum absolute atomic E-state index is 9.79. The highest BCUT2D eigenvalue weighted by Crippen LogP contribution is 2.28. The first kappa shape index (κ1) is 13.3. The number of halogens is 1. The smallest absolute Gasteiger partial charge is 0.189 e. The minimum absolute atomic E-state index is 0. The van der Waals surface area contributed by atoms with Gasteiger partial charge in [0.05, 0.1) is 12.7 Å². The standard InChI is InChI=1S/C11H15NO3.ClH/c1-7(12)11(13)8-2-3-9-5-14-6-15-10(9)4-8;/h2-4,7,11,13H,5-6,12H2,1H3;1H/t7-,11-;/m0./s1. The lowest BCUT2D eigenvalue weighted by Gasteiger charge is -2.21. The summed E-state index contributed by atoms with van der Waals surface area (Å²) in [7, 11) is 0. The van der Waals surface area contributed by atoms with Gasteiger partial charge in [0.25, 0.3) is 0 Å². The second-order valence-electron chi connectivity index (χ2n) is 3.78. The number of ether oxygens (including phenoxy) is 2. The van der Waals surface area contributed by atoms with Crippen molar-refractivity contribution in [3.05, 3.63) is 29.3 Å². The Kier molecular flexibility index (Phi) is 4.56. The van der Waals surface area contributed by atoms with Crippen LogP contribution in [0.4, 0.5) is 0 Å². The Morgan fingerprint density at radius 3 is 2.88 bits per heavy atom. The zero-order chi connectivity index (χ0) is 10.8. The van der Waals surface area contributed by atoms with Gasteiger partial charge in [-0.3, -0.25) is 0 Å². The van der Waals surface area contributed by atoms with E-state index < -0.39 is 6.10 Å². The highest BCUT2D eigenvalue weighted by molar-refractivity contribution is 5.85. The molecule has 0 amide bonds. The van der Waals surface area contributed by atoms with Gasteiger partial charge in [-0.25, -0.2) is 0 Å². The van der Waals surface area contributed by atoms with Crippen molar-refractivity contribution in [2.24, 2.45) is 5.73 Å². The van der Waals surface area contributed by atoms with E-state index in [1.807, 2.05) is 18.2 Å². The SMILES string of the molecule is C[C@H](N)[C@H](O)c1ccc2c(c1)OCOC2.Cl. The Bertz CT molecular complexity index is 357. The normalized spacial score (nSPS) is 17.7. The van der Waals surface area contributed by atoms with E-state index in [9.17, 15) is 5.11 Å². The number of rotatable bonds is 2. The minimum Gasteiger partial charge on any atom is -0.467 e. The average molecular weight is 246 g/mol. The summed E-state index contributed by atoms with van der Waals surface area (Å²) in [6, 6.07) is 5.29. The third-order valence-corrected chi connectivity index (χ3v) is 2.49. The van der Waals surface area contributed by atoms with Crippen molar-refractivity contribution in [3.63, 3.8) is 0 Å². The molecule has 90 valence electrons. The van der Waals surface area contributed by atoms with Crippen molar-refractivity contribution in [1.29, 1.82) is 0 Å². The van der Waals surface area contributed by atoms with Crippen molar-refractivity contribution in [2.45, 2.75) is 25.7 Å². The predicted octanol–water partition coefficient (Wildman–Crippen LogP) is 1.36. The highest BCUT2D eigenvalue weighted by atomic mass is 35.5. The van der Waals surface area contributed by atoms with Gasteiger partial charge >= 0.3 is 0 Å². The lowest BCUT2D eigenvalue weighted by atomic mass is 10.0. The summed E-state index contributed by atoms with van der Waals surface area (Å²) in [6.07, 6.45) is -0.651. The Morgan fingerprint density at radius 1 is 1.44 bits per heavy atom. The van der Waals surface area contributed by atoms with Crippen molar-refractivity contribution in [3.8, 4) is 5.75 Å². The maximum Gasteiger partial charge on any atom is 0.189 e. The molecule has 1 aliphatic heterocycles. The summed E-state index contributed by atoms with van der Waals surface area (Å²) in [4.78, 5) is 0. The highest BCUT2D eigenvalue weighted by Gasteiger charge is 2.16. The van der Waals surface area contributed by atoms with Crippen LogP contribution in [0.1, 0.15) is 24.2 Å². The molecular formula is C11H16ClNO3. The lowest BCUT2D eigenvalue weighted by molar-refractivity contribution is -0.0166. The fourth-order valence-electron chi connectivity index (χ4n) is 1.57. The van der Waals surface area contributed by atoms with E-state index in [-0.39, 0.29) is 25.2 Å². The molecule has 0 saturated heterocycles. The Morgan fingerprint density at radius 2 is 2.19 bits per heavy atom. The molecule has 0 radical (unpaired) electrons. The van der Waals surface area contributed by atoms with Crippen LogP contribution in [0.15, 0.2) is 18.2 Å². The van der Waals surface area contributed by atoms with Gasteiger partial charge in [0, 0.05) is 11.6 Å². The molecule has 0 fully saturated rings. The van der Waals surface area contributed by atoms with Crippen LogP contribution in [0.2, 0.25) is 0 Å². The fraction of sp³-hybridized carbons (Fsp3) is 0.455. The summed E-state index contributed by atoms with van der Waals surface area (Å²) in [5.74, 6) is 0.776. The lowest BCUT2D eigenvalue weighted by Crippen LogP contribution is -2.24. The number of hydrogen-bond donors (Lipinski definition) is 2. The molecular weight excluding hydrogens is 230 g/mol. The van der Waals surface area contributed by atoms with Gasteiger partial charge in [-0.2, -0.15) is 0 Å². The van der Waals surface area contributed by atoms with Gasteiger partial charge in [0.15, 0.2) is 6.79 Å². The van der Waals surface area contributed by atoms with E-state index >= 15 is 0 Å². The van der Waals surface area contributed by atoms with Crippen molar-refractivity contribution in [1.82, 2.24) is 0 Å². The van der Waals surface area contributed by atoms with Gasteiger partial charge in [-0.1, -0.05) is 12.1 Å². The van der Waals surface area contributed by atoms with Gasteiger partial charge in [-0.15, -0.1) is 12.4 Å². The monoisotopic (exact) mass is 245 g/mol. The topological polar surface area (TPSA) is 64.7 Å². The average Bonchev–Trinajstić information content (AvgIpc) is 2.27. The summed E-state index contributed by atoms with van der Waals surface area (Å²) in [5, 5.41) is 9.79. The largest absolute Gasteiger partial charge is 0.467 e. The Labute approximate surface area is 101 Å². The van der Waals surface area contributed by atoms with Crippen molar-refractivity contribution in [2.75, 3.05) is 6.79 Å². The summed E-state index contributed by atoms with van der Waals surface area (Å²) < 4.78 is 10.5. The van der Waals surface area contributed by atoms with E-state index in [4.69, 9.17) is 15.2 Å². The molecule has 3 N–H and O–H groups in total. The zero-order valence-corrected chi connectivity index (χ0v) is 9.87. The molecule has 2 atom stereocenters. The van der Waals surface area contributed by atoms with E-state index in [0.29, 0.717) is 6.61 Å². The van der Waals surface area contributed by atoms with Crippen LogP contribution >= 0.6 is 12.4 Å². The molecule has 0 saturated carbocycles. The molecule has 1 aromatic rings. The number of aliphatic hydroxyl groups excluding tert-OH is 1. The number of fused-ring (bicyclic) bond motifs is 1. The first-order valence-electron chi connectivity index (χ1n) is 4.95. The third-order valence-electron chi connectivity index (χ3n) is 2.49. The summed E-state index contributed by atoms with van der Waals surface area (Å²) >= 11 is 0. The van der Waals surface area contributed by atoms with Crippen LogP contribution in [-0.4, -0.2) is 17.9 Å². The van der Waals surface area contributed by atoms with Crippen LogP contribution < -0.4 is 10.5 Å². The molecule has 0 aromatic heterocycles. The molecule has 1 aromatic carbocycles. The van der Waals surface area contributed by atoms with Crippen LogP contribution in [0.25, 0.3) is 0 Å². The first-order valence-corrected chi connectivity index (χ1v) is 4.95. The van der Waals surface area contributed by atoms with Crippen LogP contribution in [0.3, 0.4) is 0 Å². The van der Waals surface area contributed by atoms with Crippen LogP contribution in [-0.2, 0) is 11.3 Å². The molecule has 1 heterocycles. The number of aliphatic hydroxyl groups is 1. The molecule has 0 aliphatic carbocycles. The predicted molar refractivity (Wildman–Crippen MR) is 62.6 cm³/mol. The van der Waals surface area contributed by atoms with Crippen LogP contribution in [0.5, 0.6) is 5.75 Å². The van der Waals surface area contributed by atoms with E-state index in [1.54, 1.807) is 6.92 Å². The van der Waals surface area contributed by atoms with Gasteiger partial charge in [0.1, 0.15) is 5.75 Å². The first-order chi connectivity index (χ1) is 7.18. The molecule has 4 nitrogen and oxygen atoms in total. The van der Waals surface area contributed by atoms with E-state index in [2.05, 4.69) is 0 Å². The Balaban J connectivity index is 0.00000128. The Hall–Kier alpha value is -0.810. The van der Waals surface area contributed by atoms with E-state index in [1.165, 1.54) is 0 Å². The molecule has 0 spiro atoms. The van der Waals surface area contributed by atoms with Gasteiger partial charge in [-0.05, 0) is 18.6 Å². The minimum atomic E-state index is -0.651.